The Bertz CT molecular complexity index is 736. The number of ether oxygens (including phenoxy) is 1. The van der Waals surface area contributed by atoms with Gasteiger partial charge >= 0.3 is 0 Å². The summed E-state index contributed by atoms with van der Waals surface area (Å²) in [6, 6.07) is 12.1. The van der Waals surface area contributed by atoms with Gasteiger partial charge in [0.15, 0.2) is 0 Å². The molecule has 0 aliphatic carbocycles. The third kappa shape index (κ3) is 3.11. The number of rotatable bonds is 3. The predicted molar refractivity (Wildman–Crippen MR) is 95.5 cm³/mol. The molecule has 24 heavy (non-hydrogen) atoms. The van der Waals surface area contributed by atoms with Gasteiger partial charge in [0.25, 0.3) is 5.91 Å². The van der Waals surface area contributed by atoms with Gasteiger partial charge in [-0.15, -0.1) is 0 Å². The van der Waals surface area contributed by atoms with Crippen LogP contribution < -0.4 is 10.1 Å². The number of carbonyl (C=O) groups is 1. The Hall–Kier alpha value is -2.07. The van der Waals surface area contributed by atoms with E-state index in [9.17, 15) is 4.79 Å². The fourth-order valence-corrected chi connectivity index (χ4v) is 4.06. The Morgan fingerprint density at radius 1 is 1.12 bits per heavy atom. The summed E-state index contributed by atoms with van der Waals surface area (Å²) < 4.78 is 5.28. The van der Waals surface area contributed by atoms with E-state index in [4.69, 9.17) is 4.74 Å². The van der Waals surface area contributed by atoms with E-state index < -0.39 is 0 Å². The zero-order valence-electron chi connectivity index (χ0n) is 14.1. The van der Waals surface area contributed by atoms with Crippen LogP contribution in [0.25, 0.3) is 10.8 Å². The molecule has 3 aliphatic heterocycles. The highest BCUT2D eigenvalue weighted by atomic mass is 16.5. The second kappa shape index (κ2) is 6.44. The summed E-state index contributed by atoms with van der Waals surface area (Å²) >= 11 is 0. The van der Waals surface area contributed by atoms with E-state index in [1.807, 2.05) is 36.4 Å². The van der Waals surface area contributed by atoms with E-state index in [-0.39, 0.29) is 11.9 Å². The Morgan fingerprint density at radius 2 is 1.92 bits per heavy atom. The van der Waals surface area contributed by atoms with E-state index in [1.165, 1.54) is 25.9 Å². The van der Waals surface area contributed by atoms with Crippen LogP contribution in [0.3, 0.4) is 0 Å². The van der Waals surface area contributed by atoms with Crippen LogP contribution in [0.4, 0.5) is 0 Å². The van der Waals surface area contributed by atoms with Crippen LogP contribution in [0.2, 0.25) is 0 Å². The molecule has 1 atom stereocenters. The van der Waals surface area contributed by atoms with Crippen LogP contribution in [-0.4, -0.2) is 43.6 Å². The molecule has 3 fully saturated rings. The molecule has 1 amide bonds. The molecule has 2 aromatic rings. The molecule has 2 bridgehead atoms. The fraction of sp³-hybridized carbons (Fsp3) is 0.450. The lowest BCUT2D eigenvalue weighted by Crippen LogP contribution is -2.41. The summed E-state index contributed by atoms with van der Waals surface area (Å²) in [5, 5.41) is 5.41. The summed E-state index contributed by atoms with van der Waals surface area (Å²) in [5.74, 6) is 1.62. The number of amides is 1. The smallest absolute Gasteiger partial charge is 0.251 e. The highest BCUT2D eigenvalue weighted by molar-refractivity contribution is 5.99. The van der Waals surface area contributed by atoms with Crippen LogP contribution in [0, 0.1) is 5.92 Å². The Kier molecular flexibility index (Phi) is 4.15. The monoisotopic (exact) mass is 324 g/mol. The number of piperidine rings is 1. The van der Waals surface area contributed by atoms with Crippen LogP contribution in [0.1, 0.15) is 29.6 Å². The molecule has 3 saturated heterocycles. The molecule has 5 rings (SSSR count). The number of fused-ring (bicyclic) bond motifs is 5. The van der Waals surface area contributed by atoms with Crippen LogP contribution in [-0.2, 0) is 0 Å². The first kappa shape index (κ1) is 15.5. The van der Waals surface area contributed by atoms with Crippen molar-refractivity contribution < 1.29 is 9.53 Å². The minimum absolute atomic E-state index is 0.0345. The first-order valence-electron chi connectivity index (χ1n) is 8.82. The largest absolute Gasteiger partial charge is 0.497 e. The van der Waals surface area contributed by atoms with E-state index in [2.05, 4.69) is 10.2 Å². The Balaban J connectivity index is 1.52. The summed E-state index contributed by atoms with van der Waals surface area (Å²) in [6.07, 6.45) is 3.67. The van der Waals surface area contributed by atoms with E-state index in [0.717, 1.165) is 41.0 Å². The van der Waals surface area contributed by atoms with Gasteiger partial charge in [-0.1, -0.05) is 12.1 Å². The minimum Gasteiger partial charge on any atom is -0.497 e. The van der Waals surface area contributed by atoms with Gasteiger partial charge in [0.05, 0.1) is 7.11 Å². The van der Waals surface area contributed by atoms with Crippen molar-refractivity contribution in [1.29, 1.82) is 0 Å². The van der Waals surface area contributed by atoms with Gasteiger partial charge in [0.1, 0.15) is 5.75 Å². The molecule has 4 nitrogen and oxygen atoms in total. The SMILES string of the molecule is COc1ccc2ccc(C(=O)NC3CC4CCN(CC4)C3)cc2c1. The van der Waals surface area contributed by atoms with Crippen molar-refractivity contribution in [3.8, 4) is 5.75 Å². The van der Waals surface area contributed by atoms with Crippen LogP contribution in [0.15, 0.2) is 36.4 Å². The highest BCUT2D eigenvalue weighted by Crippen LogP contribution is 2.27. The number of methoxy groups -OCH3 is 1. The van der Waals surface area contributed by atoms with E-state index in [1.54, 1.807) is 7.11 Å². The lowest BCUT2D eigenvalue weighted by Gasteiger charge is -2.26. The summed E-state index contributed by atoms with van der Waals surface area (Å²) in [4.78, 5) is 15.2. The van der Waals surface area contributed by atoms with Gasteiger partial charge < -0.3 is 15.0 Å². The zero-order chi connectivity index (χ0) is 16.5. The van der Waals surface area contributed by atoms with Gasteiger partial charge in [0.2, 0.25) is 0 Å². The van der Waals surface area contributed by atoms with Crippen molar-refractivity contribution in [3.63, 3.8) is 0 Å². The Morgan fingerprint density at radius 3 is 2.71 bits per heavy atom. The maximum Gasteiger partial charge on any atom is 0.251 e. The molecule has 126 valence electrons. The molecule has 2 aromatic carbocycles. The molecule has 0 radical (unpaired) electrons. The normalized spacial score (nSPS) is 26.1. The molecule has 1 N–H and O–H groups in total. The quantitative estimate of drug-likeness (QED) is 0.943. The molecule has 4 heteroatoms. The maximum atomic E-state index is 12.7. The highest BCUT2D eigenvalue weighted by Gasteiger charge is 2.29. The average molecular weight is 324 g/mol. The predicted octanol–water partition coefficient (Wildman–Crippen LogP) is 3.06. The van der Waals surface area contributed by atoms with Gasteiger partial charge in [-0.3, -0.25) is 4.79 Å². The van der Waals surface area contributed by atoms with Crippen molar-refractivity contribution in [2.24, 2.45) is 5.92 Å². The third-order valence-corrected chi connectivity index (χ3v) is 5.45. The number of nitrogens with one attached hydrogen (secondary N) is 1. The van der Waals surface area contributed by atoms with Gasteiger partial charge in [-0.05, 0) is 73.3 Å². The summed E-state index contributed by atoms with van der Waals surface area (Å²) in [7, 11) is 1.66. The summed E-state index contributed by atoms with van der Waals surface area (Å²) in [5.41, 5.74) is 0.724. The molecule has 1 unspecified atom stereocenters. The molecular weight excluding hydrogens is 300 g/mol. The number of hydrogen-bond donors (Lipinski definition) is 1. The fourth-order valence-electron chi connectivity index (χ4n) is 4.06. The van der Waals surface area contributed by atoms with Gasteiger partial charge in [-0.25, -0.2) is 0 Å². The van der Waals surface area contributed by atoms with Crippen molar-refractivity contribution in [3.05, 3.63) is 42.0 Å². The lowest BCUT2D eigenvalue weighted by atomic mass is 9.94. The maximum absolute atomic E-state index is 12.7. The molecule has 0 saturated carbocycles. The molecule has 0 spiro atoms. The van der Waals surface area contributed by atoms with Crippen molar-refractivity contribution in [1.82, 2.24) is 10.2 Å². The van der Waals surface area contributed by atoms with Gasteiger partial charge in [0, 0.05) is 18.2 Å². The minimum atomic E-state index is 0.0345. The average Bonchev–Trinajstić information content (AvgIpc) is 2.93. The number of nitrogens with zero attached hydrogens (tertiary/aromatic N) is 1. The molecule has 3 aliphatic rings. The Labute approximate surface area is 142 Å². The van der Waals surface area contributed by atoms with Crippen LogP contribution in [0.5, 0.6) is 5.75 Å². The zero-order valence-corrected chi connectivity index (χ0v) is 14.1. The van der Waals surface area contributed by atoms with Crippen LogP contribution >= 0.6 is 0 Å². The molecular formula is C20H24N2O2. The van der Waals surface area contributed by atoms with Gasteiger partial charge in [-0.2, -0.15) is 0 Å². The second-order valence-electron chi connectivity index (χ2n) is 7.08. The second-order valence-corrected chi connectivity index (χ2v) is 7.08. The summed E-state index contributed by atoms with van der Waals surface area (Å²) in [6.45, 7) is 3.36. The number of hydrogen-bond acceptors (Lipinski definition) is 3. The molecule has 3 heterocycles. The van der Waals surface area contributed by atoms with Crippen molar-refractivity contribution in [2.75, 3.05) is 26.7 Å². The number of benzene rings is 2. The van der Waals surface area contributed by atoms with E-state index >= 15 is 0 Å². The topological polar surface area (TPSA) is 41.6 Å². The lowest BCUT2D eigenvalue weighted by molar-refractivity contribution is 0.0929. The first-order valence-corrected chi connectivity index (χ1v) is 8.82. The molecule has 0 aromatic heterocycles. The number of carbonyl (C=O) groups excluding carboxylic acids is 1. The van der Waals surface area contributed by atoms with Crippen molar-refractivity contribution >= 4 is 16.7 Å². The third-order valence-electron chi connectivity index (χ3n) is 5.45. The first-order chi connectivity index (χ1) is 11.7. The standard InChI is InChI=1S/C20H24N2O2/c1-24-19-5-4-15-2-3-16(11-17(15)12-19)20(23)21-18-10-14-6-8-22(13-18)9-7-14/h2-5,11-12,14,18H,6-10,13H2,1H3,(H,21,23). The van der Waals surface area contributed by atoms with Crippen molar-refractivity contribution in [2.45, 2.75) is 25.3 Å². The van der Waals surface area contributed by atoms with E-state index in [0.29, 0.717) is 0 Å².